The van der Waals surface area contributed by atoms with Crippen LogP contribution in [-0.4, -0.2) is 46.0 Å². The van der Waals surface area contributed by atoms with Crippen LogP contribution in [-0.2, 0) is 16.1 Å². The highest BCUT2D eigenvalue weighted by molar-refractivity contribution is 7.07. The summed E-state index contributed by atoms with van der Waals surface area (Å²) in [6.07, 6.45) is 3.74. The van der Waals surface area contributed by atoms with E-state index in [0.29, 0.717) is 45.0 Å². The van der Waals surface area contributed by atoms with Crippen molar-refractivity contribution in [3.05, 3.63) is 127 Å². The average Bonchev–Trinajstić information content (AvgIpc) is 3.57. The van der Waals surface area contributed by atoms with Crippen LogP contribution in [0, 0.1) is 0 Å². The smallest absolute Gasteiger partial charge is 0.271 e. The van der Waals surface area contributed by atoms with E-state index in [9.17, 15) is 14.4 Å². The number of allylic oxidation sites excluding steroid dienone is 1. The van der Waals surface area contributed by atoms with Gasteiger partial charge < -0.3 is 19.5 Å². The number of ether oxygens (including phenoxy) is 1. The Morgan fingerprint density at radius 3 is 2.43 bits per heavy atom. The molecule has 3 aromatic carbocycles. The van der Waals surface area contributed by atoms with E-state index in [2.05, 4.69) is 5.32 Å². The Hall–Kier alpha value is -5.22. The number of rotatable bonds is 9. The van der Waals surface area contributed by atoms with Gasteiger partial charge in [-0.25, -0.2) is 4.99 Å². The molecule has 0 unspecified atom stereocenters. The molecule has 1 N–H and O–H groups in total. The summed E-state index contributed by atoms with van der Waals surface area (Å²) in [6.45, 7) is 6.86. The number of benzene rings is 3. The standard InChI is InChI=1S/C36H35N5O4S/c1-5-39(6-2)35(44)32-23(3)37-36-41(33(32)27-17-11-13-19-29(27)45-4)34(43)30(46-36)20-24-21-40(28-18-12-10-16-26(24)28)22-31(42)38-25-14-8-7-9-15-25/h7-21,33H,5-6,22H2,1-4H3,(H,38,42)/b30-20+/t33-/m0/s1. The Morgan fingerprint density at radius 1 is 1.00 bits per heavy atom. The molecule has 6 rings (SSSR count). The van der Waals surface area contributed by atoms with Crippen LogP contribution in [0.1, 0.15) is 37.9 Å². The van der Waals surface area contributed by atoms with Crippen LogP contribution < -0.4 is 24.9 Å². The molecule has 2 aromatic heterocycles. The highest BCUT2D eigenvalue weighted by atomic mass is 32.1. The Balaban J connectivity index is 1.48. The van der Waals surface area contributed by atoms with Crippen LogP contribution in [0.25, 0.3) is 17.0 Å². The Labute approximate surface area is 270 Å². The zero-order valence-electron chi connectivity index (χ0n) is 26.2. The minimum atomic E-state index is -0.717. The largest absolute Gasteiger partial charge is 0.496 e. The molecule has 2 amide bonds. The lowest BCUT2D eigenvalue weighted by Gasteiger charge is -2.29. The van der Waals surface area contributed by atoms with Gasteiger partial charge in [0.1, 0.15) is 18.3 Å². The van der Waals surface area contributed by atoms with E-state index in [-0.39, 0.29) is 23.9 Å². The molecule has 10 heteroatoms. The summed E-state index contributed by atoms with van der Waals surface area (Å²) in [7, 11) is 1.58. The molecule has 5 aromatic rings. The normalized spacial score (nSPS) is 14.6. The first-order valence-electron chi connectivity index (χ1n) is 15.2. The summed E-state index contributed by atoms with van der Waals surface area (Å²) in [5.41, 5.74) is 3.88. The number of aromatic nitrogens is 2. The molecular weight excluding hydrogens is 598 g/mol. The number of nitrogens with one attached hydrogen (secondary N) is 1. The van der Waals surface area contributed by atoms with E-state index in [0.717, 1.165) is 22.2 Å². The van der Waals surface area contributed by atoms with Crippen molar-refractivity contribution in [2.45, 2.75) is 33.4 Å². The number of nitrogens with zero attached hydrogens (tertiary/aromatic N) is 4. The van der Waals surface area contributed by atoms with Crippen molar-refractivity contribution < 1.29 is 14.3 Å². The number of para-hydroxylation sites is 3. The molecule has 0 aliphatic carbocycles. The first-order valence-corrected chi connectivity index (χ1v) is 16.0. The average molecular weight is 634 g/mol. The number of carbonyl (C=O) groups excluding carboxylic acids is 2. The Morgan fingerprint density at radius 2 is 1.70 bits per heavy atom. The molecule has 234 valence electrons. The molecule has 0 radical (unpaired) electrons. The lowest BCUT2D eigenvalue weighted by molar-refractivity contribution is -0.127. The van der Waals surface area contributed by atoms with Gasteiger partial charge in [0.05, 0.1) is 22.9 Å². The van der Waals surface area contributed by atoms with Gasteiger partial charge in [0.15, 0.2) is 4.80 Å². The fourth-order valence-corrected chi connectivity index (χ4v) is 7.04. The van der Waals surface area contributed by atoms with Gasteiger partial charge in [-0.05, 0) is 51.1 Å². The Kier molecular flexibility index (Phi) is 8.72. The maximum Gasteiger partial charge on any atom is 0.271 e. The number of amides is 2. The minimum Gasteiger partial charge on any atom is -0.496 e. The summed E-state index contributed by atoms with van der Waals surface area (Å²) in [6, 6.07) is 23.9. The molecule has 46 heavy (non-hydrogen) atoms. The predicted octanol–water partition coefficient (Wildman–Crippen LogP) is 4.71. The SMILES string of the molecule is CCN(CC)C(=O)C1=C(C)N=c2s/c(=C/c3cn(CC(=O)Nc4ccccc4)c4ccccc34)c(=O)n2[C@H]1c1ccccc1OC. The van der Waals surface area contributed by atoms with Crippen LogP contribution in [0.5, 0.6) is 5.75 Å². The molecule has 0 saturated heterocycles. The van der Waals surface area contributed by atoms with Crippen molar-refractivity contribution in [1.29, 1.82) is 0 Å². The third-order valence-electron chi connectivity index (χ3n) is 8.21. The highest BCUT2D eigenvalue weighted by Gasteiger charge is 2.35. The van der Waals surface area contributed by atoms with E-state index in [4.69, 9.17) is 9.73 Å². The van der Waals surface area contributed by atoms with E-state index in [1.165, 1.54) is 11.3 Å². The molecule has 0 bridgehead atoms. The van der Waals surface area contributed by atoms with E-state index in [1.54, 1.807) is 16.6 Å². The fourth-order valence-electron chi connectivity index (χ4n) is 6.00. The van der Waals surface area contributed by atoms with Gasteiger partial charge in [-0.15, -0.1) is 0 Å². The van der Waals surface area contributed by atoms with Crippen molar-refractivity contribution in [2.75, 3.05) is 25.5 Å². The van der Waals surface area contributed by atoms with Crippen LogP contribution in [0.15, 0.2) is 106 Å². The van der Waals surface area contributed by atoms with E-state index < -0.39 is 6.04 Å². The predicted molar refractivity (Wildman–Crippen MR) is 182 cm³/mol. The van der Waals surface area contributed by atoms with E-state index >= 15 is 0 Å². The maximum atomic E-state index is 14.3. The summed E-state index contributed by atoms with van der Waals surface area (Å²) in [4.78, 5) is 48.3. The van der Waals surface area contributed by atoms with Gasteiger partial charge in [-0.1, -0.05) is 65.9 Å². The number of carbonyl (C=O) groups is 2. The van der Waals surface area contributed by atoms with Crippen molar-refractivity contribution in [3.8, 4) is 5.75 Å². The third-order valence-corrected chi connectivity index (χ3v) is 9.20. The second-order valence-electron chi connectivity index (χ2n) is 10.9. The molecule has 9 nitrogen and oxygen atoms in total. The molecule has 3 heterocycles. The van der Waals surface area contributed by atoms with Crippen LogP contribution in [0.2, 0.25) is 0 Å². The first kappa shape index (κ1) is 30.8. The van der Waals surface area contributed by atoms with Gasteiger partial charge >= 0.3 is 0 Å². The van der Waals surface area contributed by atoms with Crippen LogP contribution in [0.4, 0.5) is 5.69 Å². The number of fused-ring (bicyclic) bond motifs is 2. The number of anilines is 1. The maximum absolute atomic E-state index is 14.3. The van der Waals surface area contributed by atoms with Crippen molar-refractivity contribution in [2.24, 2.45) is 4.99 Å². The van der Waals surface area contributed by atoms with Gasteiger partial charge in [-0.2, -0.15) is 0 Å². The van der Waals surface area contributed by atoms with Gasteiger partial charge in [0.25, 0.3) is 11.5 Å². The van der Waals surface area contributed by atoms with Crippen molar-refractivity contribution in [3.63, 3.8) is 0 Å². The lowest BCUT2D eigenvalue weighted by Crippen LogP contribution is -2.43. The second kappa shape index (κ2) is 13.0. The molecule has 1 atom stereocenters. The zero-order valence-corrected chi connectivity index (χ0v) is 27.0. The van der Waals surface area contributed by atoms with Gasteiger partial charge in [-0.3, -0.25) is 19.0 Å². The molecule has 0 fully saturated rings. The first-order chi connectivity index (χ1) is 22.3. The van der Waals surface area contributed by atoms with Crippen LogP contribution >= 0.6 is 11.3 Å². The molecule has 0 saturated carbocycles. The minimum absolute atomic E-state index is 0.105. The summed E-state index contributed by atoms with van der Waals surface area (Å²) in [5, 5.41) is 3.85. The topological polar surface area (TPSA) is 97.9 Å². The number of thiazole rings is 1. The van der Waals surface area contributed by atoms with Crippen LogP contribution in [0.3, 0.4) is 0 Å². The monoisotopic (exact) mass is 633 g/mol. The molecule has 0 spiro atoms. The second-order valence-corrected chi connectivity index (χ2v) is 12.0. The van der Waals surface area contributed by atoms with Crippen molar-refractivity contribution >= 4 is 45.8 Å². The Bertz CT molecular complexity index is 2160. The number of likely N-dealkylation sites (N-methyl/N-ethyl adjacent to an activating group) is 1. The molecule has 1 aliphatic rings. The number of hydrogen-bond donors (Lipinski definition) is 1. The fraction of sp³-hybridized carbons (Fsp3) is 0.222. The zero-order chi connectivity index (χ0) is 32.4. The summed E-state index contributed by atoms with van der Waals surface area (Å²) < 4.78 is 9.69. The highest BCUT2D eigenvalue weighted by Crippen LogP contribution is 2.36. The van der Waals surface area contributed by atoms with Crippen molar-refractivity contribution in [1.82, 2.24) is 14.0 Å². The van der Waals surface area contributed by atoms with E-state index in [1.807, 2.05) is 116 Å². The number of hydrogen-bond acceptors (Lipinski definition) is 6. The molecular formula is C36H35N5O4S. The van der Waals surface area contributed by atoms with Gasteiger partial charge in [0, 0.05) is 47.0 Å². The van der Waals surface area contributed by atoms with Gasteiger partial charge in [0.2, 0.25) is 5.91 Å². The summed E-state index contributed by atoms with van der Waals surface area (Å²) in [5.74, 6) is 0.266. The summed E-state index contributed by atoms with van der Waals surface area (Å²) >= 11 is 1.28. The third kappa shape index (κ3) is 5.67. The lowest BCUT2D eigenvalue weighted by atomic mass is 9.94. The number of methoxy groups -OCH3 is 1. The molecule has 1 aliphatic heterocycles. The quantitative estimate of drug-likeness (QED) is 0.254.